The van der Waals surface area contributed by atoms with Crippen LogP contribution in [-0.2, 0) is 4.74 Å². The zero-order valence-electron chi connectivity index (χ0n) is 12.3. The molecule has 1 atom stereocenters. The molecule has 1 saturated heterocycles. The number of nitrogens with one attached hydrogen (secondary N) is 1. The van der Waals surface area contributed by atoms with Gasteiger partial charge < -0.3 is 20.7 Å². The number of methoxy groups -OCH3 is 1. The third-order valence-electron chi connectivity index (χ3n) is 3.47. The molecule has 3 N–H and O–H groups in total. The summed E-state index contributed by atoms with van der Waals surface area (Å²) in [5.74, 6) is 1.46. The maximum Gasteiger partial charge on any atom is 0.231 e. The van der Waals surface area contributed by atoms with E-state index in [-0.39, 0.29) is 12.0 Å². The zero-order chi connectivity index (χ0) is 14.4. The van der Waals surface area contributed by atoms with Crippen molar-refractivity contribution in [3.63, 3.8) is 0 Å². The number of nitrogens with two attached hydrogens (primary N) is 1. The highest BCUT2D eigenvalue weighted by atomic mass is 16.5. The second-order valence-electron chi connectivity index (χ2n) is 5.07. The second-order valence-corrected chi connectivity index (χ2v) is 5.07. The van der Waals surface area contributed by atoms with Crippen molar-refractivity contribution in [1.82, 2.24) is 15.0 Å². The Bertz CT molecular complexity index is 421. The number of anilines is 3. The van der Waals surface area contributed by atoms with E-state index in [1.165, 1.54) is 19.3 Å². The molecule has 0 aliphatic carbocycles. The molecule has 0 amide bonds. The van der Waals surface area contributed by atoms with E-state index < -0.39 is 0 Å². The van der Waals surface area contributed by atoms with Crippen LogP contribution in [-0.4, -0.2) is 47.8 Å². The van der Waals surface area contributed by atoms with Gasteiger partial charge in [0.05, 0.1) is 12.6 Å². The van der Waals surface area contributed by atoms with Crippen LogP contribution in [0, 0.1) is 0 Å². The molecular weight excluding hydrogens is 256 g/mol. The number of nitrogens with zero attached hydrogens (tertiary/aromatic N) is 4. The van der Waals surface area contributed by atoms with Gasteiger partial charge in [0.2, 0.25) is 17.8 Å². The number of hydrogen-bond donors (Lipinski definition) is 2. The van der Waals surface area contributed by atoms with E-state index in [4.69, 9.17) is 10.5 Å². The zero-order valence-corrected chi connectivity index (χ0v) is 12.3. The number of piperidine rings is 1. The lowest BCUT2D eigenvalue weighted by Gasteiger charge is -2.27. The Labute approximate surface area is 119 Å². The third kappa shape index (κ3) is 3.93. The lowest BCUT2D eigenvalue weighted by atomic mass is 10.1. The van der Waals surface area contributed by atoms with Crippen molar-refractivity contribution >= 4 is 17.8 Å². The summed E-state index contributed by atoms with van der Waals surface area (Å²) in [6.07, 6.45) is 4.55. The topological polar surface area (TPSA) is 89.2 Å². The average molecular weight is 280 g/mol. The third-order valence-corrected chi connectivity index (χ3v) is 3.47. The Morgan fingerprint density at radius 3 is 2.65 bits per heavy atom. The van der Waals surface area contributed by atoms with Gasteiger partial charge in [-0.15, -0.1) is 0 Å². The Morgan fingerprint density at radius 2 is 2.00 bits per heavy atom. The number of nitrogen functional groups attached to an aromatic ring is 1. The average Bonchev–Trinajstić information content (AvgIpc) is 2.47. The predicted octanol–water partition coefficient (Wildman–Crippen LogP) is 1.28. The molecule has 20 heavy (non-hydrogen) atoms. The fourth-order valence-corrected chi connectivity index (χ4v) is 2.33. The highest BCUT2D eigenvalue weighted by Gasteiger charge is 2.16. The molecule has 1 aromatic heterocycles. The first kappa shape index (κ1) is 14.8. The molecule has 1 aliphatic rings. The van der Waals surface area contributed by atoms with Crippen LogP contribution in [0.15, 0.2) is 0 Å². The molecule has 0 aromatic carbocycles. The van der Waals surface area contributed by atoms with Gasteiger partial charge in [0.25, 0.3) is 0 Å². The lowest BCUT2D eigenvalue weighted by molar-refractivity contribution is 0.184. The van der Waals surface area contributed by atoms with E-state index >= 15 is 0 Å². The van der Waals surface area contributed by atoms with Crippen LogP contribution >= 0.6 is 0 Å². The maximum absolute atomic E-state index is 5.80. The molecule has 1 aromatic rings. The predicted molar refractivity (Wildman–Crippen MR) is 79.9 cm³/mol. The molecular formula is C13H24N6O. The molecule has 2 heterocycles. The summed E-state index contributed by atoms with van der Waals surface area (Å²) in [5.41, 5.74) is 5.80. The largest absolute Gasteiger partial charge is 0.383 e. The SMILES string of the molecule is CCC(COC)Nc1nc(N)nc(N2CCCCC2)n1. The summed E-state index contributed by atoms with van der Waals surface area (Å²) < 4.78 is 5.17. The van der Waals surface area contributed by atoms with E-state index in [1.807, 2.05) is 0 Å². The molecule has 0 bridgehead atoms. The van der Waals surface area contributed by atoms with Crippen LogP contribution < -0.4 is 16.0 Å². The van der Waals surface area contributed by atoms with Crippen LogP contribution in [0.25, 0.3) is 0 Å². The normalized spacial score (nSPS) is 17.0. The van der Waals surface area contributed by atoms with Gasteiger partial charge in [-0.3, -0.25) is 0 Å². The van der Waals surface area contributed by atoms with Crippen molar-refractivity contribution in [3.05, 3.63) is 0 Å². The standard InChI is InChI=1S/C13H24N6O/c1-3-10(9-20-2)15-12-16-11(14)17-13(18-12)19-7-5-4-6-8-19/h10H,3-9H2,1-2H3,(H3,14,15,16,17,18). The Morgan fingerprint density at radius 1 is 1.25 bits per heavy atom. The van der Waals surface area contributed by atoms with E-state index in [0.717, 1.165) is 19.5 Å². The Balaban J connectivity index is 2.10. The summed E-state index contributed by atoms with van der Waals surface area (Å²) >= 11 is 0. The maximum atomic E-state index is 5.80. The summed E-state index contributed by atoms with van der Waals surface area (Å²) in [5, 5.41) is 3.26. The number of aromatic nitrogens is 3. The minimum Gasteiger partial charge on any atom is -0.383 e. The number of ether oxygens (including phenoxy) is 1. The van der Waals surface area contributed by atoms with Crippen molar-refractivity contribution in [2.24, 2.45) is 0 Å². The quantitative estimate of drug-likeness (QED) is 0.811. The molecule has 2 rings (SSSR count). The van der Waals surface area contributed by atoms with Crippen LogP contribution in [0.1, 0.15) is 32.6 Å². The minimum absolute atomic E-state index is 0.177. The second kappa shape index (κ2) is 7.23. The van der Waals surface area contributed by atoms with Crippen molar-refractivity contribution in [3.8, 4) is 0 Å². The molecule has 0 saturated carbocycles. The van der Waals surface area contributed by atoms with Gasteiger partial charge in [-0.25, -0.2) is 0 Å². The highest BCUT2D eigenvalue weighted by Crippen LogP contribution is 2.18. The van der Waals surface area contributed by atoms with Gasteiger partial charge in [0.15, 0.2) is 0 Å². The van der Waals surface area contributed by atoms with Crippen LogP contribution in [0.4, 0.5) is 17.8 Å². The molecule has 1 aliphatic heterocycles. The summed E-state index contributed by atoms with van der Waals surface area (Å²) in [7, 11) is 1.69. The fourth-order valence-electron chi connectivity index (χ4n) is 2.33. The Kier molecular flexibility index (Phi) is 5.34. The van der Waals surface area contributed by atoms with Crippen molar-refractivity contribution in [2.45, 2.75) is 38.6 Å². The number of hydrogen-bond acceptors (Lipinski definition) is 7. The first-order chi connectivity index (χ1) is 9.72. The van der Waals surface area contributed by atoms with Crippen molar-refractivity contribution in [1.29, 1.82) is 0 Å². The van der Waals surface area contributed by atoms with E-state index in [2.05, 4.69) is 32.1 Å². The monoisotopic (exact) mass is 280 g/mol. The van der Waals surface area contributed by atoms with Gasteiger partial charge in [-0.1, -0.05) is 6.92 Å². The van der Waals surface area contributed by atoms with Gasteiger partial charge in [-0.2, -0.15) is 15.0 Å². The fraction of sp³-hybridized carbons (Fsp3) is 0.769. The molecule has 7 nitrogen and oxygen atoms in total. The summed E-state index contributed by atoms with van der Waals surface area (Å²) in [6.45, 7) is 4.67. The van der Waals surface area contributed by atoms with Crippen LogP contribution in [0.5, 0.6) is 0 Å². The van der Waals surface area contributed by atoms with Crippen molar-refractivity contribution in [2.75, 3.05) is 42.8 Å². The lowest BCUT2D eigenvalue weighted by Crippen LogP contribution is -2.32. The highest BCUT2D eigenvalue weighted by molar-refractivity contribution is 5.42. The first-order valence-electron chi connectivity index (χ1n) is 7.25. The van der Waals surface area contributed by atoms with Gasteiger partial charge in [0, 0.05) is 20.2 Å². The van der Waals surface area contributed by atoms with Crippen molar-refractivity contribution < 1.29 is 4.74 Å². The molecule has 0 spiro atoms. The minimum atomic E-state index is 0.177. The molecule has 1 fully saturated rings. The van der Waals surface area contributed by atoms with Gasteiger partial charge in [-0.05, 0) is 25.7 Å². The Hall–Kier alpha value is -1.63. The van der Waals surface area contributed by atoms with Gasteiger partial charge in [0.1, 0.15) is 0 Å². The van der Waals surface area contributed by atoms with Crippen LogP contribution in [0.2, 0.25) is 0 Å². The smallest absolute Gasteiger partial charge is 0.231 e. The van der Waals surface area contributed by atoms with E-state index in [0.29, 0.717) is 18.5 Å². The van der Waals surface area contributed by atoms with Gasteiger partial charge >= 0.3 is 0 Å². The summed E-state index contributed by atoms with van der Waals surface area (Å²) in [6, 6.07) is 0.177. The molecule has 1 unspecified atom stereocenters. The number of rotatable bonds is 6. The molecule has 112 valence electrons. The summed E-state index contributed by atoms with van der Waals surface area (Å²) in [4.78, 5) is 15.1. The molecule has 0 radical (unpaired) electrons. The molecule has 7 heteroatoms. The first-order valence-corrected chi connectivity index (χ1v) is 7.25. The van der Waals surface area contributed by atoms with Crippen LogP contribution in [0.3, 0.4) is 0 Å². The van der Waals surface area contributed by atoms with E-state index in [1.54, 1.807) is 7.11 Å². The van der Waals surface area contributed by atoms with E-state index in [9.17, 15) is 0 Å².